The monoisotopic (exact) mass is 445 g/mol. The molecule has 4 rings (SSSR count). The van der Waals surface area contributed by atoms with Gasteiger partial charge in [-0.15, -0.1) is 11.3 Å². The zero-order chi connectivity index (χ0) is 22.5. The largest absolute Gasteiger partial charge is 0.360 e. The second-order valence-corrected chi connectivity index (χ2v) is 8.69. The van der Waals surface area contributed by atoms with Crippen molar-refractivity contribution in [2.24, 2.45) is 0 Å². The third kappa shape index (κ3) is 4.95. The van der Waals surface area contributed by atoms with Crippen molar-refractivity contribution in [1.29, 1.82) is 0 Å². The molecule has 0 unspecified atom stereocenters. The number of nitrogens with one attached hydrogen (secondary N) is 2. The number of fused-ring (bicyclic) bond motifs is 1. The van der Waals surface area contributed by atoms with Crippen LogP contribution >= 0.6 is 11.3 Å². The van der Waals surface area contributed by atoms with Gasteiger partial charge in [-0.25, -0.2) is 9.97 Å². The Bertz CT molecular complexity index is 1220. The fraction of sp³-hybridized carbons (Fsp3) is 0.240. The average molecular weight is 446 g/mol. The van der Waals surface area contributed by atoms with Crippen LogP contribution in [0.3, 0.4) is 0 Å². The highest BCUT2D eigenvalue weighted by atomic mass is 32.1. The van der Waals surface area contributed by atoms with Crippen LogP contribution in [0.5, 0.6) is 0 Å². The number of nitrogens with zero attached hydrogens (tertiary/aromatic N) is 3. The van der Waals surface area contributed by atoms with Gasteiger partial charge in [0.25, 0.3) is 0 Å². The molecule has 6 nitrogen and oxygen atoms in total. The van der Waals surface area contributed by atoms with E-state index in [2.05, 4.69) is 35.1 Å². The van der Waals surface area contributed by atoms with Crippen molar-refractivity contribution < 1.29 is 4.79 Å². The molecule has 164 valence electrons. The highest BCUT2D eigenvalue weighted by Crippen LogP contribution is 2.37. The van der Waals surface area contributed by atoms with Crippen LogP contribution in [0.4, 0.5) is 11.5 Å². The first kappa shape index (κ1) is 21.9. The van der Waals surface area contributed by atoms with Crippen LogP contribution < -0.4 is 10.6 Å². The maximum absolute atomic E-state index is 12.7. The van der Waals surface area contributed by atoms with Crippen LogP contribution in [-0.2, 0) is 17.8 Å². The van der Waals surface area contributed by atoms with Crippen molar-refractivity contribution in [3.05, 3.63) is 71.4 Å². The predicted octanol–water partition coefficient (Wildman–Crippen LogP) is 5.03. The number of rotatable bonds is 8. The normalized spacial score (nSPS) is 11.1. The Kier molecular flexibility index (Phi) is 6.78. The number of hydrogen-bond acceptors (Lipinski definition) is 6. The lowest BCUT2D eigenvalue weighted by Crippen LogP contribution is -2.23. The van der Waals surface area contributed by atoms with Gasteiger partial charge in [-0.3, -0.25) is 4.79 Å². The van der Waals surface area contributed by atoms with E-state index in [1.54, 1.807) is 11.3 Å². The Labute approximate surface area is 192 Å². The number of carbonyl (C=O) groups is 1. The van der Waals surface area contributed by atoms with E-state index in [1.807, 2.05) is 61.5 Å². The first-order valence-corrected chi connectivity index (χ1v) is 11.5. The van der Waals surface area contributed by atoms with Gasteiger partial charge in [-0.2, -0.15) is 0 Å². The zero-order valence-electron chi connectivity index (χ0n) is 18.6. The van der Waals surface area contributed by atoms with E-state index in [9.17, 15) is 4.79 Å². The highest BCUT2D eigenvalue weighted by Gasteiger charge is 2.16. The summed E-state index contributed by atoms with van der Waals surface area (Å²) in [7, 11) is 3.98. The molecule has 2 aromatic heterocycles. The summed E-state index contributed by atoms with van der Waals surface area (Å²) >= 11 is 1.60. The fourth-order valence-electron chi connectivity index (χ4n) is 3.61. The van der Waals surface area contributed by atoms with Crippen LogP contribution in [0.1, 0.15) is 18.3 Å². The van der Waals surface area contributed by atoms with E-state index in [0.717, 1.165) is 44.8 Å². The average Bonchev–Trinajstić information content (AvgIpc) is 3.22. The van der Waals surface area contributed by atoms with Gasteiger partial charge >= 0.3 is 0 Å². The molecular weight excluding hydrogens is 418 g/mol. The molecule has 0 aliphatic carbocycles. The molecule has 0 fully saturated rings. The van der Waals surface area contributed by atoms with Crippen LogP contribution in [0.15, 0.2) is 60.0 Å². The molecule has 0 atom stereocenters. The van der Waals surface area contributed by atoms with E-state index in [4.69, 9.17) is 9.97 Å². The number of aromatic nitrogens is 2. The summed E-state index contributed by atoms with van der Waals surface area (Å²) in [5.41, 5.74) is 4.14. The SMILES string of the molecule is CCc1ccccc1NC(=O)CNc1nc(CN(C)C)nc2scc(-c3ccccc3)c12. The molecular formula is C25H27N5OS. The molecule has 2 heterocycles. The number of benzene rings is 2. The summed E-state index contributed by atoms with van der Waals surface area (Å²) in [4.78, 5) is 25.2. The maximum Gasteiger partial charge on any atom is 0.243 e. The van der Waals surface area contributed by atoms with Gasteiger partial charge in [0.05, 0.1) is 18.5 Å². The number of aryl methyl sites for hydroxylation is 1. The lowest BCUT2D eigenvalue weighted by molar-refractivity contribution is -0.114. The van der Waals surface area contributed by atoms with E-state index in [1.165, 1.54) is 0 Å². The highest BCUT2D eigenvalue weighted by molar-refractivity contribution is 7.17. The molecule has 7 heteroatoms. The molecule has 0 saturated heterocycles. The number of carbonyl (C=O) groups excluding carboxylic acids is 1. The third-order valence-corrected chi connectivity index (χ3v) is 5.98. The van der Waals surface area contributed by atoms with Crippen molar-refractivity contribution in [3.63, 3.8) is 0 Å². The molecule has 0 radical (unpaired) electrons. The van der Waals surface area contributed by atoms with Crippen LogP contribution in [-0.4, -0.2) is 41.4 Å². The molecule has 32 heavy (non-hydrogen) atoms. The Morgan fingerprint density at radius 3 is 2.53 bits per heavy atom. The Hall–Kier alpha value is -3.29. The van der Waals surface area contributed by atoms with Gasteiger partial charge in [0.1, 0.15) is 16.5 Å². The van der Waals surface area contributed by atoms with Crippen LogP contribution in [0.2, 0.25) is 0 Å². The van der Waals surface area contributed by atoms with Gasteiger partial charge < -0.3 is 15.5 Å². The number of anilines is 2. The summed E-state index contributed by atoms with van der Waals surface area (Å²) < 4.78 is 0. The Morgan fingerprint density at radius 1 is 1.03 bits per heavy atom. The van der Waals surface area contributed by atoms with E-state index >= 15 is 0 Å². The van der Waals surface area contributed by atoms with Crippen LogP contribution in [0, 0.1) is 0 Å². The summed E-state index contributed by atoms with van der Waals surface area (Å²) in [5, 5.41) is 9.35. The second-order valence-electron chi connectivity index (χ2n) is 7.83. The summed E-state index contributed by atoms with van der Waals surface area (Å²) in [6.07, 6.45) is 0.861. The molecule has 2 aromatic carbocycles. The van der Waals surface area contributed by atoms with Gasteiger partial charge in [0.15, 0.2) is 0 Å². The van der Waals surface area contributed by atoms with Gasteiger partial charge in [-0.05, 0) is 37.7 Å². The van der Waals surface area contributed by atoms with Crippen molar-refractivity contribution in [2.45, 2.75) is 19.9 Å². The molecule has 0 bridgehead atoms. The summed E-state index contributed by atoms with van der Waals surface area (Å²) in [5.74, 6) is 1.30. The lowest BCUT2D eigenvalue weighted by atomic mass is 10.1. The summed E-state index contributed by atoms with van der Waals surface area (Å²) in [6, 6.07) is 18.1. The molecule has 4 aromatic rings. The standard InChI is InChI=1S/C25H27N5OS/c1-4-17-10-8-9-13-20(17)27-22(31)14-26-24-23-19(18-11-6-5-7-12-18)16-32-25(23)29-21(28-24)15-30(2)3/h5-13,16H,4,14-15H2,1-3H3,(H,27,31)(H,26,28,29). The van der Waals surface area contributed by atoms with Crippen molar-refractivity contribution in [1.82, 2.24) is 14.9 Å². The van der Waals surface area contributed by atoms with Crippen LogP contribution in [0.25, 0.3) is 21.3 Å². The second kappa shape index (κ2) is 9.89. The zero-order valence-corrected chi connectivity index (χ0v) is 19.4. The Morgan fingerprint density at radius 2 is 1.78 bits per heavy atom. The molecule has 0 saturated carbocycles. The molecule has 0 aliphatic rings. The molecule has 0 spiro atoms. The number of amides is 1. The molecule has 2 N–H and O–H groups in total. The minimum atomic E-state index is -0.108. The first-order chi connectivity index (χ1) is 15.5. The van der Waals surface area contributed by atoms with Crippen molar-refractivity contribution >= 4 is 39.0 Å². The minimum Gasteiger partial charge on any atom is -0.360 e. The predicted molar refractivity (Wildman–Crippen MR) is 133 cm³/mol. The van der Waals surface area contributed by atoms with E-state index in [0.29, 0.717) is 12.4 Å². The minimum absolute atomic E-state index is 0.108. The van der Waals surface area contributed by atoms with E-state index in [-0.39, 0.29) is 12.5 Å². The first-order valence-electron chi connectivity index (χ1n) is 10.6. The quantitative estimate of drug-likeness (QED) is 0.398. The number of hydrogen-bond donors (Lipinski definition) is 2. The fourth-order valence-corrected chi connectivity index (χ4v) is 4.57. The van der Waals surface area contributed by atoms with Crippen molar-refractivity contribution in [3.8, 4) is 11.1 Å². The topological polar surface area (TPSA) is 70.2 Å². The summed E-state index contributed by atoms with van der Waals surface area (Å²) in [6.45, 7) is 2.82. The number of para-hydroxylation sites is 1. The lowest BCUT2D eigenvalue weighted by Gasteiger charge is -2.14. The van der Waals surface area contributed by atoms with Gasteiger partial charge in [0.2, 0.25) is 5.91 Å². The van der Waals surface area contributed by atoms with Crippen molar-refractivity contribution in [2.75, 3.05) is 31.3 Å². The van der Waals surface area contributed by atoms with Gasteiger partial charge in [0, 0.05) is 16.6 Å². The maximum atomic E-state index is 12.7. The van der Waals surface area contributed by atoms with Gasteiger partial charge in [-0.1, -0.05) is 55.5 Å². The third-order valence-electron chi connectivity index (χ3n) is 5.11. The Balaban J connectivity index is 1.63. The smallest absolute Gasteiger partial charge is 0.243 e. The van der Waals surface area contributed by atoms with E-state index < -0.39 is 0 Å². The molecule has 1 amide bonds. The number of thiophene rings is 1. The molecule has 0 aliphatic heterocycles.